The molecule has 200 valence electrons. The fraction of sp³-hybridized carbons (Fsp3) is 0. The molecule has 0 N–H and O–H groups in total. The van der Waals surface area contributed by atoms with Crippen LogP contribution in [-0.2, 0) is 0 Å². The third-order valence-corrected chi connectivity index (χ3v) is 9.07. The standard InChI is InChI=1S/C40H24N2O/c1-2-12-25(13-3-1)41-34-20-10-7-18-31(34)38-39(41)29-16-5-4-15-28(29)37-30-17-6-9-19-33(30)42(40(37)38)26-22-23-36-32(24-26)27-14-8-11-21-35(27)43-36/h1-24H. The molecule has 3 aromatic heterocycles. The number of benzene rings is 7. The SMILES string of the molecule is c1ccc(-n2c3ccccc3c3c2c2ccccc2c2c4ccccc4n(-c4ccc5oc6ccccc6c5c4)c23)cc1. The Morgan fingerprint density at radius 1 is 0.349 bits per heavy atom. The molecule has 0 atom stereocenters. The number of hydrogen-bond donors (Lipinski definition) is 0. The quantitative estimate of drug-likeness (QED) is 0.211. The van der Waals surface area contributed by atoms with E-state index in [1.807, 2.05) is 12.1 Å². The van der Waals surface area contributed by atoms with Crippen LogP contribution in [0.5, 0.6) is 0 Å². The van der Waals surface area contributed by atoms with Gasteiger partial charge in [0.1, 0.15) is 11.2 Å². The fourth-order valence-electron chi connectivity index (χ4n) is 7.36. The summed E-state index contributed by atoms with van der Waals surface area (Å²) in [7, 11) is 0. The van der Waals surface area contributed by atoms with Gasteiger partial charge in [-0.1, -0.05) is 97.1 Å². The van der Waals surface area contributed by atoms with Crippen molar-refractivity contribution < 1.29 is 4.42 Å². The minimum Gasteiger partial charge on any atom is -0.456 e. The van der Waals surface area contributed by atoms with Crippen molar-refractivity contribution >= 4 is 76.3 Å². The van der Waals surface area contributed by atoms with E-state index >= 15 is 0 Å². The second-order valence-corrected chi connectivity index (χ2v) is 11.3. The monoisotopic (exact) mass is 548 g/mol. The second kappa shape index (κ2) is 8.37. The zero-order valence-electron chi connectivity index (χ0n) is 23.2. The molecule has 7 aromatic carbocycles. The first-order valence-corrected chi connectivity index (χ1v) is 14.7. The van der Waals surface area contributed by atoms with Gasteiger partial charge in [-0.2, -0.15) is 0 Å². The van der Waals surface area contributed by atoms with Crippen LogP contribution < -0.4 is 0 Å². The van der Waals surface area contributed by atoms with Gasteiger partial charge in [-0.3, -0.25) is 0 Å². The molecule has 10 aromatic rings. The van der Waals surface area contributed by atoms with E-state index in [1.165, 1.54) is 54.4 Å². The molecule has 0 spiro atoms. The second-order valence-electron chi connectivity index (χ2n) is 11.3. The molecular formula is C40H24N2O. The molecular weight excluding hydrogens is 524 g/mol. The topological polar surface area (TPSA) is 23.0 Å². The van der Waals surface area contributed by atoms with Gasteiger partial charge >= 0.3 is 0 Å². The van der Waals surface area contributed by atoms with Gasteiger partial charge in [-0.15, -0.1) is 0 Å². The lowest BCUT2D eigenvalue weighted by Gasteiger charge is -2.13. The molecule has 0 saturated carbocycles. The third kappa shape index (κ3) is 2.98. The average Bonchev–Trinajstić information content (AvgIpc) is 3.73. The summed E-state index contributed by atoms with van der Waals surface area (Å²) in [6.07, 6.45) is 0. The molecule has 0 amide bonds. The van der Waals surface area contributed by atoms with Crippen molar-refractivity contribution in [2.75, 3.05) is 0 Å². The smallest absolute Gasteiger partial charge is 0.135 e. The largest absolute Gasteiger partial charge is 0.456 e. The van der Waals surface area contributed by atoms with Crippen molar-refractivity contribution in [2.45, 2.75) is 0 Å². The Kier molecular flexibility index (Phi) is 4.45. The van der Waals surface area contributed by atoms with Crippen LogP contribution in [-0.4, -0.2) is 9.13 Å². The lowest BCUT2D eigenvalue weighted by atomic mass is 9.99. The normalized spacial score (nSPS) is 12.2. The van der Waals surface area contributed by atoms with E-state index in [9.17, 15) is 0 Å². The van der Waals surface area contributed by atoms with Gasteiger partial charge in [-0.05, 0) is 53.9 Å². The Labute approximate surface area is 246 Å². The molecule has 3 nitrogen and oxygen atoms in total. The van der Waals surface area contributed by atoms with Crippen LogP contribution in [0.3, 0.4) is 0 Å². The summed E-state index contributed by atoms with van der Waals surface area (Å²) in [6.45, 7) is 0. The number of furan rings is 1. The molecule has 0 aliphatic rings. The first-order valence-electron chi connectivity index (χ1n) is 14.7. The lowest BCUT2D eigenvalue weighted by molar-refractivity contribution is 0.669. The van der Waals surface area contributed by atoms with Gasteiger partial charge in [-0.25, -0.2) is 0 Å². The first kappa shape index (κ1) is 22.8. The maximum absolute atomic E-state index is 6.23. The van der Waals surface area contributed by atoms with Gasteiger partial charge in [0, 0.05) is 49.1 Å². The number of nitrogens with zero attached hydrogens (tertiary/aromatic N) is 2. The van der Waals surface area contributed by atoms with Crippen LogP contribution >= 0.6 is 0 Å². The van der Waals surface area contributed by atoms with Crippen molar-refractivity contribution in [3.8, 4) is 11.4 Å². The Morgan fingerprint density at radius 3 is 1.67 bits per heavy atom. The van der Waals surface area contributed by atoms with Crippen molar-refractivity contribution in [1.29, 1.82) is 0 Å². The summed E-state index contributed by atoms with van der Waals surface area (Å²) in [5.74, 6) is 0. The molecule has 3 heteroatoms. The highest BCUT2D eigenvalue weighted by atomic mass is 16.3. The molecule has 0 saturated heterocycles. The molecule has 0 bridgehead atoms. The molecule has 10 rings (SSSR count). The minimum absolute atomic E-state index is 0.905. The predicted molar refractivity (Wildman–Crippen MR) is 180 cm³/mol. The number of aromatic nitrogens is 2. The van der Waals surface area contributed by atoms with Crippen LogP contribution in [0.25, 0.3) is 87.7 Å². The Balaban J connectivity index is 1.49. The van der Waals surface area contributed by atoms with E-state index in [0.717, 1.165) is 33.3 Å². The lowest BCUT2D eigenvalue weighted by Crippen LogP contribution is -1.96. The number of para-hydroxylation sites is 4. The van der Waals surface area contributed by atoms with Gasteiger partial charge in [0.15, 0.2) is 0 Å². The molecule has 3 heterocycles. The average molecular weight is 549 g/mol. The van der Waals surface area contributed by atoms with E-state index < -0.39 is 0 Å². The van der Waals surface area contributed by atoms with Crippen LogP contribution in [0.2, 0.25) is 0 Å². The summed E-state index contributed by atoms with van der Waals surface area (Å²) in [6, 6.07) is 52.2. The van der Waals surface area contributed by atoms with Gasteiger partial charge in [0.05, 0.1) is 22.1 Å². The van der Waals surface area contributed by atoms with Crippen molar-refractivity contribution in [3.63, 3.8) is 0 Å². The Morgan fingerprint density at radius 2 is 0.907 bits per heavy atom. The van der Waals surface area contributed by atoms with E-state index in [2.05, 4.69) is 143 Å². The summed E-state index contributed by atoms with van der Waals surface area (Å²) >= 11 is 0. The Bertz CT molecular complexity index is 2720. The zero-order chi connectivity index (χ0) is 28.1. The molecule has 0 radical (unpaired) electrons. The molecule has 0 fully saturated rings. The zero-order valence-corrected chi connectivity index (χ0v) is 23.2. The van der Waals surface area contributed by atoms with Crippen LogP contribution in [0.15, 0.2) is 150 Å². The first-order chi connectivity index (χ1) is 21.4. The van der Waals surface area contributed by atoms with Gasteiger partial charge < -0.3 is 13.6 Å². The van der Waals surface area contributed by atoms with Crippen LogP contribution in [0.4, 0.5) is 0 Å². The molecule has 0 unspecified atom stereocenters. The number of hydrogen-bond acceptors (Lipinski definition) is 1. The maximum Gasteiger partial charge on any atom is 0.135 e. The number of fused-ring (bicyclic) bond motifs is 13. The molecule has 0 aliphatic heterocycles. The van der Waals surface area contributed by atoms with E-state index in [4.69, 9.17) is 4.42 Å². The highest BCUT2D eigenvalue weighted by Crippen LogP contribution is 2.47. The van der Waals surface area contributed by atoms with E-state index in [1.54, 1.807) is 0 Å². The van der Waals surface area contributed by atoms with Crippen LogP contribution in [0, 0.1) is 0 Å². The third-order valence-electron chi connectivity index (χ3n) is 9.07. The summed E-state index contributed by atoms with van der Waals surface area (Å²) in [5, 5.41) is 9.83. The maximum atomic E-state index is 6.23. The predicted octanol–water partition coefficient (Wildman–Crippen LogP) is 10.9. The minimum atomic E-state index is 0.905. The summed E-state index contributed by atoms with van der Waals surface area (Å²) in [5.41, 5.74) is 8.96. The molecule has 0 aliphatic carbocycles. The van der Waals surface area contributed by atoms with Crippen molar-refractivity contribution in [3.05, 3.63) is 146 Å². The Hall–Kier alpha value is -5.80. The summed E-state index contributed by atoms with van der Waals surface area (Å²) in [4.78, 5) is 0. The summed E-state index contributed by atoms with van der Waals surface area (Å²) < 4.78 is 11.1. The van der Waals surface area contributed by atoms with E-state index in [-0.39, 0.29) is 0 Å². The van der Waals surface area contributed by atoms with Crippen molar-refractivity contribution in [1.82, 2.24) is 9.13 Å². The van der Waals surface area contributed by atoms with Crippen LogP contribution in [0.1, 0.15) is 0 Å². The van der Waals surface area contributed by atoms with E-state index in [0.29, 0.717) is 0 Å². The highest BCUT2D eigenvalue weighted by Gasteiger charge is 2.24. The molecule has 43 heavy (non-hydrogen) atoms. The number of rotatable bonds is 2. The van der Waals surface area contributed by atoms with Crippen molar-refractivity contribution in [2.24, 2.45) is 0 Å². The highest BCUT2D eigenvalue weighted by molar-refractivity contribution is 6.36. The fourth-order valence-corrected chi connectivity index (χ4v) is 7.36. The van der Waals surface area contributed by atoms with Gasteiger partial charge in [0.25, 0.3) is 0 Å². The van der Waals surface area contributed by atoms with Gasteiger partial charge in [0.2, 0.25) is 0 Å².